The molecule has 7 nitrogen and oxygen atoms in total. The Hall–Kier alpha value is -2.83. The minimum atomic E-state index is -0.533. The molecule has 0 unspecified atom stereocenters. The van der Waals surface area contributed by atoms with E-state index in [1.165, 1.54) is 7.11 Å². The van der Waals surface area contributed by atoms with E-state index in [0.717, 1.165) is 23.7 Å². The predicted octanol–water partition coefficient (Wildman–Crippen LogP) is 1.77. The summed E-state index contributed by atoms with van der Waals surface area (Å²) in [4.78, 5) is 29.7. The topological polar surface area (TPSA) is 97.5 Å². The number of rotatable bonds is 5. The SMILES string of the molecule is CCC(=O)N1CC[C@@H](Nc2nccc3cc(C(N)=O)c(OC)cc23)C1. The highest BCUT2D eigenvalue weighted by atomic mass is 16.5. The molecular weight excluding hydrogens is 320 g/mol. The Morgan fingerprint density at radius 1 is 1.44 bits per heavy atom. The molecule has 0 radical (unpaired) electrons. The maximum Gasteiger partial charge on any atom is 0.252 e. The number of carbonyl (C=O) groups excluding carboxylic acids is 2. The van der Waals surface area contributed by atoms with E-state index in [0.29, 0.717) is 30.1 Å². The number of primary amides is 1. The van der Waals surface area contributed by atoms with Gasteiger partial charge in [0.1, 0.15) is 11.6 Å². The molecule has 132 valence electrons. The predicted molar refractivity (Wildman–Crippen MR) is 95.7 cm³/mol. The van der Waals surface area contributed by atoms with Crippen LogP contribution in [0.5, 0.6) is 5.75 Å². The number of nitrogens with two attached hydrogens (primary N) is 1. The Morgan fingerprint density at radius 2 is 2.24 bits per heavy atom. The molecule has 0 bridgehead atoms. The standard InChI is InChI=1S/C18H22N4O3/c1-3-16(23)22-7-5-12(10-22)21-18-13-9-15(25-2)14(17(19)24)8-11(13)4-6-20-18/h4,6,8-9,12H,3,5,7,10H2,1-2H3,(H2,19,24)(H,20,21)/t12-/m1/s1. The number of amides is 2. The summed E-state index contributed by atoms with van der Waals surface area (Å²) in [6.45, 7) is 3.30. The molecule has 2 amide bonds. The molecular formula is C18H22N4O3. The second-order valence-corrected chi connectivity index (χ2v) is 6.12. The number of nitrogens with one attached hydrogen (secondary N) is 1. The van der Waals surface area contributed by atoms with Gasteiger partial charge < -0.3 is 20.7 Å². The van der Waals surface area contributed by atoms with Crippen LogP contribution in [0.4, 0.5) is 5.82 Å². The van der Waals surface area contributed by atoms with Gasteiger partial charge in [-0.1, -0.05) is 6.92 Å². The zero-order chi connectivity index (χ0) is 18.0. The average Bonchev–Trinajstić information content (AvgIpc) is 3.08. The first-order valence-electron chi connectivity index (χ1n) is 8.34. The van der Waals surface area contributed by atoms with Crippen LogP contribution in [0.1, 0.15) is 30.1 Å². The molecule has 2 heterocycles. The van der Waals surface area contributed by atoms with E-state index in [-0.39, 0.29) is 11.9 Å². The van der Waals surface area contributed by atoms with Crippen LogP contribution in [-0.4, -0.2) is 47.9 Å². The second kappa shape index (κ2) is 6.96. The number of anilines is 1. The van der Waals surface area contributed by atoms with Crippen LogP contribution in [0.25, 0.3) is 10.8 Å². The van der Waals surface area contributed by atoms with Crippen LogP contribution < -0.4 is 15.8 Å². The first-order chi connectivity index (χ1) is 12.0. The molecule has 3 N–H and O–H groups in total. The van der Waals surface area contributed by atoms with Gasteiger partial charge in [0.2, 0.25) is 5.91 Å². The summed E-state index contributed by atoms with van der Waals surface area (Å²) in [5, 5.41) is 5.12. The van der Waals surface area contributed by atoms with Gasteiger partial charge in [-0.15, -0.1) is 0 Å². The normalized spacial score (nSPS) is 16.9. The fraction of sp³-hybridized carbons (Fsp3) is 0.389. The van der Waals surface area contributed by atoms with Crippen molar-refractivity contribution in [1.82, 2.24) is 9.88 Å². The quantitative estimate of drug-likeness (QED) is 0.863. The lowest BCUT2D eigenvalue weighted by Crippen LogP contribution is -2.31. The summed E-state index contributed by atoms with van der Waals surface area (Å²) in [7, 11) is 1.50. The minimum absolute atomic E-state index is 0.149. The summed E-state index contributed by atoms with van der Waals surface area (Å²) in [5.74, 6) is 0.769. The van der Waals surface area contributed by atoms with E-state index in [9.17, 15) is 9.59 Å². The maximum atomic E-state index is 11.8. The fourth-order valence-electron chi connectivity index (χ4n) is 3.20. The summed E-state index contributed by atoms with van der Waals surface area (Å²) in [6.07, 6.45) is 3.08. The summed E-state index contributed by atoms with van der Waals surface area (Å²) < 4.78 is 5.29. The molecule has 1 atom stereocenters. The van der Waals surface area contributed by atoms with Gasteiger partial charge in [0.15, 0.2) is 0 Å². The van der Waals surface area contributed by atoms with Gasteiger partial charge in [-0.3, -0.25) is 9.59 Å². The fourth-order valence-corrected chi connectivity index (χ4v) is 3.20. The van der Waals surface area contributed by atoms with E-state index in [2.05, 4.69) is 10.3 Å². The Labute approximate surface area is 146 Å². The number of likely N-dealkylation sites (tertiary alicyclic amines) is 1. The van der Waals surface area contributed by atoms with Crippen LogP contribution in [0.3, 0.4) is 0 Å². The zero-order valence-corrected chi connectivity index (χ0v) is 14.4. The highest BCUT2D eigenvalue weighted by Crippen LogP contribution is 2.30. The van der Waals surface area contributed by atoms with E-state index >= 15 is 0 Å². The minimum Gasteiger partial charge on any atom is -0.496 e. The Morgan fingerprint density at radius 3 is 2.92 bits per heavy atom. The van der Waals surface area contributed by atoms with Crippen molar-refractivity contribution in [3.8, 4) is 5.75 Å². The van der Waals surface area contributed by atoms with Crippen molar-refractivity contribution in [3.63, 3.8) is 0 Å². The third-order valence-corrected chi connectivity index (χ3v) is 4.53. The smallest absolute Gasteiger partial charge is 0.252 e. The van der Waals surface area contributed by atoms with E-state index < -0.39 is 5.91 Å². The van der Waals surface area contributed by atoms with Crippen molar-refractivity contribution in [2.24, 2.45) is 5.73 Å². The lowest BCUT2D eigenvalue weighted by Gasteiger charge is -2.18. The van der Waals surface area contributed by atoms with Gasteiger partial charge in [-0.05, 0) is 30.0 Å². The van der Waals surface area contributed by atoms with Crippen molar-refractivity contribution in [3.05, 3.63) is 30.0 Å². The monoisotopic (exact) mass is 342 g/mol. The Bertz CT molecular complexity index is 821. The van der Waals surface area contributed by atoms with Crippen LogP contribution in [-0.2, 0) is 4.79 Å². The van der Waals surface area contributed by atoms with Crippen molar-refractivity contribution in [1.29, 1.82) is 0 Å². The third kappa shape index (κ3) is 3.35. The van der Waals surface area contributed by atoms with E-state index in [4.69, 9.17) is 10.5 Å². The molecule has 1 fully saturated rings. The van der Waals surface area contributed by atoms with Gasteiger partial charge in [0, 0.05) is 37.1 Å². The molecule has 1 aromatic carbocycles. The number of benzene rings is 1. The second-order valence-electron chi connectivity index (χ2n) is 6.12. The van der Waals surface area contributed by atoms with Crippen LogP contribution in [0, 0.1) is 0 Å². The van der Waals surface area contributed by atoms with E-state index in [1.54, 1.807) is 18.3 Å². The number of aromatic nitrogens is 1. The van der Waals surface area contributed by atoms with Gasteiger partial charge >= 0.3 is 0 Å². The first-order valence-corrected chi connectivity index (χ1v) is 8.34. The molecule has 1 aliphatic heterocycles. The molecule has 1 aliphatic rings. The highest BCUT2D eigenvalue weighted by molar-refractivity contribution is 6.03. The highest BCUT2D eigenvalue weighted by Gasteiger charge is 2.26. The zero-order valence-electron chi connectivity index (χ0n) is 14.4. The summed E-state index contributed by atoms with van der Waals surface area (Å²) >= 11 is 0. The third-order valence-electron chi connectivity index (χ3n) is 4.53. The Kier molecular flexibility index (Phi) is 4.74. The lowest BCUT2D eigenvalue weighted by atomic mass is 10.1. The maximum absolute atomic E-state index is 11.8. The van der Waals surface area contributed by atoms with Crippen molar-refractivity contribution >= 4 is 28.4 Å². The summed E-state index contributed by atoms with van der Waals surface area (Å²) in [6, 6.07) is 5.46. The molecule has 2 aromatic rings. The molecule has 3 rings (SSSR count). The van der Waals surface area contributed by atoms with Gasteiger partial charge in [0.05, 0.1) is 12.7 Å². The van der Waals surface area contributed by atoms with E-state index in [1.807, 2.05) is 17.9 Å². The molecule has 25 heavy (non-hydrogen) atoms. The summed E-state index contributed by atoms with van der Waals surface area (Å²) in [5.41, 5.74) is 5.76. The number of methoxy groups -OCH3 is 1. The van der Waals surface area contributed by atoms with Crippen LogP contribution in [0.2, 0.25) is 0 Å². The van der Waals surface area contributed by atoms with Crippen molar-refractivity contribution in [2.45, 2.75) is 25.8 Å². The number of nitrogens with zero attached hydrogens (tertiary/aromatic N) is 2. The molecule has 0 spiro atoms. The van der Waals surface area contributed by atoms with Crippen molar-refractivity contribution < 1.29 is 14.3 Å². The molecule has 1 aromatic heterocycles. The number of fused-ring (bicyclic) bond motifs is 1. The first kappa shape index (κ1) is 17.0. The largest absolute Gasteiger partial charge is 0.496 e. The number of pyridine rings is 1. The average molecular weight is 342 g/mol. The van der Waals surface area contributed by atoms with Gasteiger partial charge in [-0.25, -0.2) is 4.98 Å². The number of ether oxygens (including phenoxy) is 1. The number of hydrogen-bond donors (Lipinski definition) is 2. The van der Waals surface area contributed by atoms with Crippen LogP contribution in [0.15, 0.2) is 24.4 Å². The van der Waals surface area contributed by atoms with Crippen LogP contribution >= 0.6 is 0 Å². The van der Waals surface area contributed by atoms with Gasteiger partial charge in [0.25, 0.3) is 5.91 Å². The lowest BCUT2D eigenvalue weighted by molar-refractivity contribution is -0.129. The number of carbonyl (C=O) groups is 2. The Balaban J connectivity index is 1.90. The molecule has 0 saturated carbocycles. The van der Waals surface area contributed by atoms with Gasteiger partial charge in [-0.2, -0.15) is 0 Å². The molecule has 7 heteroatoms. The number of hydrogen-bond acceptors (Lipinski definition) is 5. The van der Waals surface area contributed by atoms with Crippen molar-refractivity contribution in [2.75, 3.05) is 25.5 Å². The molecule has 0 aliphatic carbocycles. The molecule has 1 saturated heterocycles.